The quantitative estimate of drug-likeness (QED) is 0.761. The standard InChI is InChI=1S/C19H19N5O2/c1-14-3-6-17(7-4-14)26-18-8-5-15(12-22-18)23-19(25)24(2)13-16-11-20-9-10-21-16/h3-12H,13H2,1-2H3,(H,23,25). The van der Waals surface area contributed by atoms with Gasteiger partial charge >= 0.3 is 6.03 Å². The largest absolute Gasteiger partial charge is 0.439 e. The predicted molar refractivity (Wildman–Crippen MR) is 98.0 cm³/mol. The average molecular weight is 349 g/mol. The number of nitrogens with zero attached hydrogens (tertiary/aromatic N) is 4. The number of aromatic nitrogens is 3. The first-order valence-corrected chi connectivity index (χ1v) is 8.08. The number of ether oxygens (including phenoxy) is 1. The summed E-state index contributed by atoms with van der Waals surface area (Å²) in [6.07, 6.45) is 6.37. The van der Waals surface area contributed by atoms with Crippen molar-refractivity contribution in [1.82, 2.24) is 19.9 Å². The van der Waals surface area contributed by atoms with Crippen LogP contribution in [0.2, 0.25) is 0 Å². The number of rotatable bonds is 5. The highest BCUT2D eigenvalue weighted by Crippen LogP contribution is 2.20. The molecule has 3 aromatic rings. The number of carbonyl (C=O) groups excluding carboxylic acids is 1. The number of hydrogen-bond donors (Lipinski definition) is 1. The van der Waals surface area contributed by atoms with Gasteiger partial charge in [0.25, 0.3) is 0 Å². The summed E-state index contributed by atoms with van der Waals surface area (Å²) in [6, 6.07) is 10.9. The zero-order valence-corrected chi connectivity index (χ0v) is 14.6. The number of nitrogens with one attached hydrogen (secondary N) is 1. The van der Waals surface area contributed by atoms with Crippen molar-refractivity contribution in [2.24, 2.45) is 0 Å². The lowest BCUT2D eigenvalue weighted by atomic mass is 10.2. The number of anilines is 1. The summed E-state index contributed by atoms with van der Waals surface area (Å²) in [5.74, 6) is 1.17. The van der Waals surface area contributed by atoms with Crippen LogP contribution in [0.5, 0.6) is 11.6 Å². The Morgan fingerprint density at radius 3 is 2.54 bits per heavy atom. The van der Waals surface area contributed by atoms with Crippen LogP contribution in [0.3, 0.4) is 0 Å². The van der Waals surface area contributed by atoms with Crippen LogP contribution in [0, 0.1) is 6.92 Å². The van der Waals surface area contributed by atoms with Crippen molar-refractivity contribution >= 4 is 11.7 Å². The molecule has 0 aliphatic carbocycles. The van der Waals surface area contributed by atoms with Gasteiger partial charge in [-0.05, 0) is 25.1 Å². The Bertz CT molecular complexity index is 851. The summed E-state index contributed by atoms with van der Waals surface area (Å²) >= 11 is 0. The van der Waals surface area contributed by atoms with Crippen LogP contribution in [0.25, 0.3) is 0 Å². The minimum absolute atomic E-state index is 0.260. The second-order valence-electron chi connectivity index (χ2n) is 5.78. The lowest BCUT2D eigenvalue weighted by Gasteiger charge is -2.17. The zero-order valence-electron chi connectivity index (χ0n) is 14.6. The molecule has 0 aliphatic heterocycles. The summed E-state index contributed by atoms with van der Waals surface area (Å²) in [4.78, 5) is 26.1. The van der Waals surface area contributed by atoms with Gasteiger partial charge in [-0.2, -0.15) is 0 Å². The second kappa shape index (κ2) is 8.06. The number of pyridine rings is 1. The van der Waals surface area contributed by atoms with E-state index in [4.69, 9.17) is 4.74 Å². The maximum atomic E-state index is 12.2. The third-order valence-corrected chi connectivity index (χ3v) is 3.59. The van der Waals surface area contributed by atoms with Crippen LogP contribution >= 0.6 is 0 Å². The van der Waals surface area contributed by atoms with Crippen molar-refractivity contribution in [1.29, 1.82) is 0 Å². The topological polar surface area (TPSA) is 80.2 Å². The van der Waals surface area contributed by atoms with Crippen molar-refractivity contribution in [2.45, 2.75) is 13.5 Å². The van der Waals surface area contributed by atoms with Gasteiger partial charge in [0, 0.05) is 25.5 Å². The summed E-state index contributed by atoms with van der Waals surface area (Å²) in [5.41, 5.74) is 2.45. The van der Waals surface area contributed by atoms with E-state index in [1.165, 1.54) is 4.90 Å². The highest BCUT2D eigenvalue weighted by atomic mass is 16.5. The molecule has 0 fully saturated rings. The fourth-order valence-corrected chi connectivity index (χ4v) is 2.19. The van der Waals surface area contributed by atoms with Gasteiger partial charge in [-0.3, -0.25) is 9.97 Å². The van der Waals surface area contributed by atoms with E-state index >= 15 is 0 Å². The predicted octanol–water partition coefficient (Wildman–Crippen LogP) is 3.64. The Balaban J connectivity index is 1.56. The normalized spacial score (nSPS) is 10.2. The number of benzene rings is 1. The maximum Gasteiger partial charge on any atom is 0.321 e. The van der Waals surface area contributed by atoms with E-state index in [1.807, 2.05) is 31.2 Å². The van der Waals surface area contributed by atoms with E-state index in [0.29, 0.717) is 29.6 Å². The molecule has 1 N–H and O–H groups in total. The molecule has 2 amide bonds. The molecular formula is C19H19N5O2. The van der Waals surface area contributed by atoms with Gasteiger partial charge in [0.2, 0.25) is 5.88 Å². The minimum atomic E-state index is -0.260. The number of urea groups is 1. The van der Waals surface area contributed by atoms with Gasteiger partial charge in [0.1, 0.15) is 5.75 Å². The molecular weight excluding hydrogens is 330 g/mol. The van der Waals surface area contributed by atoms with E-state index in [1.54, 1.807) is 44.0 Å². The number of amides is 2. The van der Waals surface area contributed by atoms with Crippen LogP contribution in [-0.4, -0.2) is 32.9 Å². The van der Waals surface area contributed by atoms with Crippen molar-refractivity contribution < 1.29 is 9.53 Å². The van der Waals surface area contributed by atoms with E-state index < -0.39 is 0 Å². The molecule has 7 heteroatoms. The molecule has 0 unspecified atom stereocenters. The van der Waals surface area contributed by atoms with Gasteiger partial charge < -0.3 is 15.0 Å². The Hall–Kier alpha value is -3.48. The summed E-state index contributed by atoms with van der Waals surface area (Å²) < 4.78 is 5.67. The SMILES string of the molecule is Cc1ccc(Oc2ccc(NC(=O)N(C)Cc3cnccn3)cn2)cc1. The van der Waals surface area contributed by atoms with Crippen LogP contribution < -0.4 is 10.1 Å². The summed E-state index contributed by atoms with van der Waals surface area (Å²) in [7, 11) is 1.69. The lowest BCUT2D eigenvalue weighted by molar-refractivity contribution is 0.220. The fourth-order valence-electron chi connectivity index (χ4n) is 2.19. The van der Waals surface area contributed by atoms with E-state index in [-0.39, 0.29) is 6.03 Å². The molecule has 7 nitrogen and oxygen atoms in total. The van der Waals surface area contributed by atoms with Crippen LogP contribution in [0.15, 0.2) is 61.2 Å². The van der Waals surface area contributed by atoms with Gasteiger partial charge in [0.05, 0.1) is 30.3 Å². The fraction of sp³-hybridized carbons (Fsp3) is 0.158. The Morgan fingerprint density at radius 2 is 1.88 bits per heavy atom. The molecule has 2 heterocycles. The molecule has 2 aromatic heterocycles. The van der Waals surface area contributed by atoms with Gasteiger partial charge in [-0.1, -0.05) is 17.7 Å². The van der Waals surface area contributed by atoms with Gasteiger partial charge in [-0.25, -0.2) is 9.78 Å². The molecule has 1 aromatic carbocycles. The van der Waals surface area contributed by atoms with Gasteiger partial charge in [0.15, 0.2) is 0 Å². The van der Waals surface area contributed by atoms with Crippen LogP contribution in [0.4, 0.5) is 10.5 Å². The molecule has 0 saturated heterocycles. The Kier molecular flexibility index (Phi) is 5.38. The highest BCUT2D eigenvalue weighted by Gasteiger charge is 2.10. The molecule has 0 aliphatic rings. The van der Waals surface area contributed by atoms with Crippen LogP contribution in [-0.2, 0) is 6.54 Å². The Morgan fingerprint density at radius 1 is 1.08 bits per heavy atom. The third-order valence-electron chi connectivity index (χ3n) is 3.59. The molecule has 0 saturated carbocycles. The third kappa shape index (κ3) is 4.76. The molecule has 3 rings (SSSR count). The van der Waals surface area contributed by atoms with Crippen LogP contribution in [0.1, 0.15) is 11.3 Å². The monoisotopic (exact) mass is 349 g/mol. The van der Waals surface area contributed by atoms with E-state index in [0.717, 1.165) is 5.56 Å². The summed E-state index contributed by atoms with van der Waals surface area (Å²) in [6.45, 7) is 2.38. The first-order chi connectivity index (χ1) is 12.6. The number of carbonyl (C=O) groups is 1. The number of hydrogen-bond acceptors (Lipinski definition) is 5. The number of aryl methyl sites for hydroxylation is 1. The summed E-state index contributed by atoms with van der Waals surface area (Å²) in [5, 5.41) is 2.78. The first-order valence-electron chi connectivity index (χ1n) is 8.08. The second-order valence-corrected chi connectivity index (χ2v) is 5.78. The zero-order chi connectivity index (χ0) is 18.4. The molecule has 0 atom stereocenters. The van der Waals surface area contributed by atoms with Gasteiger partial charge in [-0.15, -0.1) is 0 Å². The van der Waals surface area contributed by atoms with Crippen molar-refractivity contribution in [3.8, 4) is 11.6 Å². The van der Waals surface area contributed by atoms with Crippen molar-refractivity contribution in [3.63, 3.8) is 0 Å². The maximum absolute atomic E-state index is 12.2. The van der Waals surface area contributed by atoms with Crippen molar-refractivity contribution in [2.75, 3.05) is 12.4 Å². The van der Waals surface area contributed by atoms with E-state index in [9.17, 15) is 4.79 Å². The highest BCUT2D eigenvalue weighted by molar-refractivity contribution is 5.88. The lowest BCUT2D eigenvalue weighted by Crippen LogP contribution is -2.31. The Labute approximate surface area is 151 Å². The van der Waals surface area contributed by atoms with Crippen molar-refractivity contribution in [3.05, 3.63) is 72.4 Å². The molecule has 0 spiro atoms. The molecule has 0 bridgehead atoms. The van der Waals surface area contributed by atoms with E-state index in [2.05, 4.69) is 20.3 Å². The molecule has 0 radical (unpaired) electrons. The molecule has 132 valence electrons. The molecule has 26 heavy (non-hydrogen) atoms. The smallest absolute Gasteiger partial charge is 0.321 e. The minimum Gasteiger partial charge on any atom is -0.439 e. The average Bonchev–Trinajstić information content (AvgIpc) is 2.66. The first kappa shape index (κ1) is 17.3.